The van der Waals surface area contributed by atoms with Gasteiger partial charge in [0.1, 0.15) is 5.69 Å². The largest absolute Gasteiger partial charge is 0.356 e. The van der Waals surface area contributed by atoms with Crippen LogP contribution < -0.4 is 5.73 Å². The fourth-order valence-electron chi connectivity index (χ4n) is 1.86. The molecule has 1 atom stereocenters. The maximum atomic E-state index is 11.9. The van der Waals surface area contributed by atoms with Crippen molar-refractivity contribution in [1.29, 1.82) is 0 Å². The molecule has 4 nitrogen and oxygen atoms in total. The number of hydrogen-bond acceptors (Lipinski definition) is 2. The molecule has 1 aliphatic heterocycles. The van der Waals surface area contributed by atoms with Gasteiger partial charge in [-0.1, -0.05) is 11.6 Å². The second-order valence-electron chi connectivity index (χ2n) is 3.89. The average Bonchev–Trinajstić information content (AvgIpc) is 2.64. The Morgan fingerprint density at radius 1 is 1.67 bits per heavy atom. The molecule has 5 heteroatoms. The van der Waals surface area contributed by atoms with Crippen molar-refractivity contribution in [2.45, 2.75) is 18.9 Å². The first-order valence-corrected chi connectivity index (χ1v) is 5.43. The number of hydrogen-bond donors (Lipinski definition) is 2. The van der Waals surface area contributed by atoms with Gasteiger partial charge in [0.25, 0.3) is 5.91 Å². The Labute approximate surface area is 93.4 Å². The van der Waals surface area contributed by atoms with Gasteiger partial charge < -0.3 is 15.6 Å². The lowest BCUT2D eigenvalue weighted by Crippen LogP contribution is -2.45. The molecule has 1 aromatic rings. The van der Waals surface area contributed by atoms with Crippen LogP contribution in [0.3, 0.4) is 0 Å². The number of rotatable bonds is 1. The van der Waals surface area contributed by atoms with Gasteiger partial charge in [0.15, 0.2) is 0 Å². The molecule has 1 fully saturated rings. The van der Waals surface area contributed by atoms with E-state index in [4.69, 9.17) is 17.3 Å². The van der Waals surface area contributed by atoms with Crippen molar-refractivity contribution < 1.29 is 4.79 Å². The molecule has 0 saturated carbocycles. The average molecular weight is 228 g/mol. The van der Waals surface area contributed by atoms with E-state index in [1.54, 1.807) is 17.2 Å². The smallest absolute Gasteiger partial charge is 0.270 e. The number of aromatic nitrogens is 1. The summed E-state index contributed by atoms with van der Waals surface area (Å²) in [7, 11) is 0. The first kappa shape index (κ1) is 10.5. The zero-order valence-corrected chi connectivity index (χ0v) is 9.13. The van der Waals surface area contributed by atoms with Crippen molar-refractivity contribution in [3.05, 3.63) is 23.0 Å². The summed E-state index contributed by atoms with van der Waals surface area (Å²) in [6.07, 6.45) is 3.58. The van der Waals surface area contributed by atoms with Crippen LogP contribution in [0.5, 0.6) is 0 Å². The van der Waals surface area contributed by atoms with Crippen LogP contribution in [0.25, 0.3) is 0 Å². The Morgan fingerprint density at radius 3 is 3.07 bits per heavy atom. The van der Waals surface area contributed by atoms with Crippen LogP contribution in [0, 0.1) is 0 Å². The molecule has 0 spiro atoms. The number of nitrogens with two attached hydrogens (primary N) is 1. The molecule has 0 aliphatic carbocycles. The van der Waals surface area contributed by atoms with E-state index in [1.807, 2.05) is 0 Å². The highest BCUT2D eigenvalue weighted by molar-refractivity contribution is 6.30. The fourth-order valence-corrected chi connectivity index (χ4v) is 2.02. The molecular weight excluding hydrogens is 214 g/mol. The lowest BCUT2D eigenvalue weighted by Gasteiger charge is -2.30. The predicted octanol–water partition coefficient (Wildman–Crippen LogP) is 1.23. The standard InChI is InChI=1S/C10H14ClN3O/c11-7-4-9(13-5-7)10(15)14-3-1-2-8(12)6-14/h4-5,8,13H,1-3,6,12H2. The Hall–Kier alpha value is -1.00. The Bertz CT molecular complexity index is 363. The molecule has 2 heterocycles. The van der Waals surface area contributed by atoms with Crippen LogP contribution in [0.2, 0.25) is 5.02 Å². The van der Waals surface area contributed by atoms with Crippen molar-refractivity contribution >= 4 is 17.5 Å². The normalized spacial score (nSPS) is 21.7. The molecule has 1 amide bonds. The van der Waals surface area contributed by atoms with Gasteiger partial charge in [-0.05, 0) is 18.9 Å². The van der Waals surface area contributed by atoms with Crippen LogP contribution in [0.1, 0.15) is 23.3 Å². The van der Waals surface area contributed by atoms with Crippen LogP contribution in [0.4, 0.5) is 0 Å². The van der Waals surface area contributed by atoms with Gasteiger partial charge in [0, 0.05) is 25.3 Å². The molecule has 82 valence electrons. The van der Waals surface area contributed by atoms with Crippen LogP contribution in [-0.4, -0.2) is 34.9 Å². The molecule has 15 heavy (non-hydrogen) atoms. The van der Waals surface area contributed by atoms with Crippen molar-refractivity contribution in [1.82, 2.24) is 9.88 Å². The summed E-state index contributed by atoms with van der Waals surface area (Å²) in [5.41, 5.74) is 6.35. The number of amides is 1. The molecule has 0 bridgehead atoms. The highest BCUT2D eigenvalue weighted by Crippen LogP contribution is 2.15. The molecule has 1 aromatic heterocycles. The van der Waals surface area contributed by atoms with E-state index in [-0.39, 0.29) is 11.9 Å². The van der Waals surface area contributed by atoms with Gasteiger partial charge >= 0.3 is 0 Å². The zero-order valence-electron chi connectivity index (χ0n) is 8.37. The zero-order chi connectivity index (χ0) is 10.8. The monoisotopic (exact) mass is 227 g/mol. The van der Waals surface area contributed by atoms with Crippen LogP contribution >= 0.6 is 11.6 Å². The van der Waals surface area contributed by atoms with Gasteiger partial charge in [-0.3, -0.25) is 4.79 Å². The molecule has 0 radical (unpaired) electrons. The number of halogens is 1. The van der Waals surface area contributed by atoms with Gasteiger partial charge in [-0.25, -0.2) is 0 Å². The SMILES string of the molecule is NC1CCCN(C(=O)c2cc(Cl)c[nH]2)C1. The number of aromatic amines is 1. The van der Waals surface area contributed by atoms with Crippen LogP contribution in [0.15, 0.2) is 12.3 Å². The van der Waals surface area contributed by atoms with Gasteiger partial charge in [0.2, 0.25) is 0 Å². The molecule has 3 N–H and O–H groups in total. The van der Waals surface area contributed by atoms with E-state index < -0.39 is 0 Å². The van der Waals surface area contributed by atoms with Crippen LogP contribution in [-0.2, 0) is 0 Å². The van der Waals surface area contributed by atoms with E-state index in [2.05, 4.69) is 4.98 Å². The summed E-state index contributed by atoms with van der Waals surface area (Å²) in [4.78, 5) is 16.6. The van der Waals surface area contributed by atoms with Gasteiger partial charge in [-0.2, -0.15) is 0 Å². The maximum absolute atomic E-state index is 11.9. The van der Waals surface area contributed by atoms with Crippen molar-refractivity contribution in [3.63, 3.8) is 0 Å². The quantitative estimate of drug-likeness (QED) is 0.758. The highest BCUT2D eigenvalue weighted by Gasteiger charge is 2.22. The molecule has 1 saturated heterocycles. The summed E-state index contributed by atoms with van der Waals surface area (Å²) < 4.78 is 0. The molecule has 1 aliphatic rings. The third-order valence-electron chi connectivity index (χ3n) is 2.62. The van der Waals surface area contributed by atoms with E-state index in [0.717, 1.165) is 19.4 Å². The number of H-pyrrole nitrogens is 1. The fraction of sp³-hybridized carbons (Fsp3) is 0.500. The lowest BCUT2D eigenvalue weighted by molar-refractivity contribution is 0.0703. The summed E-state index contributed by atoms with van der Waals surface area (Å²) in [5, 5.41) is 0.555. The summed E-state index contributed by atoms with van der Waals surface area (Å²) >= 11 is 5.75. The molecular formula is C10H14ClN3O. The highest BCUT2D eigenvalue weighted by atomic mass is 35.5. The number of nitrogens with zero attached hydrogens (tertiary/aromatic N) is 1. The van der Waals surface area contributed by atoms with E-state index >= 15 is 0 Å². The van der Waals surface area contributed by atoms with Crippen molar-refractivity contribution in [3.8, 4) is 0 Å². The number of likely N-dealkylation sites (tertiary alicyclic amines) is 1. The van der Waals surface area contributed by atoms with E-state index in [9.17, 15) is 4.79 Å². The topological polar surface area (TPSA) is 62.1 Å². The first-order chi connectivity index (χ1) is 7.16. The third-order valence-corrected chi connectivity index (χ3v) is 2.84. The Morgan fingerprint density at radius 2 is 2.47 bits per heavy atom. The van der Waals surface area contributed by atoms with Crippen molar-refractivity contribution in [2.75, 3.05) is 13.1 Å². The number of carbonyl (C=O) groups excluding carboxylic acids is 1. The summed E-state index contributed by atoms with van der Waals surface area (Å²) in [5.74, 6) is -0.0166. The second-order valence-corrected chi connectivity index (χ2v) is 4.32. The van der Waals surface area contributed by atoms with Crippen molar-refractivity contribution in [2.24, 2.45) is 5.73 Å². The molecule has 1 unspecified atom stereocenters. The van der Waals surface area contributed by atoms with Gasteiger partial charge in [-0.15, -0.1) is 0 Å². The Balaban J connectivity index is 2.07. The van der Waals surface area contributed by atoms with E-state index in [0.29, 0.717) is 17.3 Å². The minimum absolute atomic E-state index is 0.0166. The lowest BCUT2D eigenvalue weighted by atomic mass is 10.1. The number of carbonyl (C=O) groups is 1. The summed E-state index contributed by atoms with van der Waals surface area (Å²) in [6.45, 7) is 1.42. The second kappa shape index (κ2) is 4.24. The van der Waals surface area contributed by atoms with Gasteiger partial charge in [0.05, 0.1) is 5.02 Å². The number of nitrogens with one attached hydrogen (secondary N) is 1. The van der Waals surface area contributed by atoms with E-state index in [1.165, 1.54) is 0 Å². The number of piperidine rings is 1. The minimum Gasteiger partial charge on any atom is -0.356 e. The minimum atomic E-state index is -0.0166. The third kappa shape index (κ3) is 2.33. The maximum Gasteiger partial charge on any atom is 0.270 e. The first-order valence-electron chi connectivity index (χ1n) is 5.05. The molecule has 2 rings (SSSR count). The Kier molecular flexibility index (Phi) is 2.98. The summed E-state index contributed by atoms with van der Waals surface area (Å²) in [6, 6.07) is 1.75. The molecule has 0 aromatic carbocycles. The predicted molar refractivity (Wildman–Crippen MR) is 58.9 cm³/mol.